The van der Waals surface area contributed by atoms with Gasteiger partial charge in [0.15, 0.2) is 13.2 Å². The Kier molecular flexibility index (Phi) is 9.98. The first kappa shape index (κ1) is 25.7. The van der Waals surface area contributed by atoms with Crippen molar-refractivity contribution in [1.82, 2.24) is 5.32 Å². The number of hydrogen-bond donors (Lipinski definition) is 1. The van der Waals surface area contributed by atoms with E-state index in [0.717, 1.165) is 37.0 Å². The Balaban J connectivity index is 1.76. The summed E-state index contributed by atoms with van der Waals surface area (Å²) in [7, 11) is -2.15. The van der Waals surface area contributed by atoms with Crippen LogP contribution >= 0.6 is 11.3 Å². The number of amides is 1. The normalized spacial score (nSPS) is 12.1. The highest BCUT2D eigenvalue weighted by Crippen LogP contribution is 2.26. The smallest absolute Gasteiger partial charge is 0.344 e. The fourth-order valence-electron chi connectivity index (χ4n) is 2.86. The molecule has 1 amide bonds. The van der Waals surface area contributed by atoms with Crippen LogP contribution in [0.2, 0.25) is 0 Å². The number of ether oxygens (including phenoxy) is 2. The van der Waals surface area contributed by atoms with E-state index in [2.05, 4.69) is 12.2 Å². The van der Waals surface area contributed by atoms with E-state index in [-0.39, 0.29) is 29.4 Å². The molecule has 0 radical (unpaired) electrons. The number of anilines is 1. The molecule has 2 rings (SSSR count). The highest BCUT2D eigenvalue weighted by molar-refractivity contribution is 7.94. The van der Waals surface area contributed by atoms with E-state index >= 15 is 0 Å². The Bertz CT molecular complexity index is 959. The quantitative estimate of drug-likeness (QED) is 0.346. The van der Waals surface area contributed by atoms with Crippen molar-refractivity contribution in [1.29, 1.82) is 0 Å². The molecule has 2 aromatic rings. The molecule has 8 nitrogen and oxygen atoms in total. The summed E-state index contributed by atoms with van der Waals surface area (Å²) in [5.41, 5.74) is 0.457. The number of sulfonamides is 1. The number of carbonyl (C=O) groups is 2. The second-order valence-corrected chi connectivity index (χ2v) is 10.5. The molecule has 1 aromatic heterocycles. The van der Waals surface area contributed by atoms with Crippen LogP contribution in [0.5, 0.6) is 5.75 Å². The van der Waals surface area contributed by atoms with Crippen LogP contribution in [0.25, 0.3) is 0 Å². The molecule has 0 saturated carbocycles. The van der Waals surface area contributed by atoms with Crippen LogP contribution in [-0.4, -0.2) is 46.6 Å². The van der Waals surface area contributed by atoms with Gasteiger partial charge in [0.05, 0.1) is 5.69 Å². The second kappa shape index (κ2) is 12.4. The Hall–Kier alpha value is -2.59. The van der Waals surface area contributed by atoms with E-state index in [9.17, 15) is 18.0 Å². The molecule has 0 bridgehead atoms. The Labute approximate surface area is 193 Å². The number of nitrogens with one attached hydrogen (secondary N) is 1. The molecule has 0 aliphatic rings. The van der Waals surface area contributed by atoms with Crippen LogP contribution in [0, 0.1) is 0 Å². The number of thiophene rings is 1. The van der Waals surface area contributed by atoms with E-state index in [1.807, 2.05) is 6.92 Å². The van der Waals surface area contributed by atoms with Crippen molar-refractivity contribution in [2.45, 2.75) is 49.8 Å². The molecule has 1 heterocycles. The van der Waals surface area contributed by atoms with Crippen molar-refractivity contribution in [2.75, 3.05) is 24.6 Å². The molecule has 10 heteroatoms. The fourth-order valence-corrected chi connectivity index (χ4v) is 5.21. The molecule has 1 atom stereocenters. The molecular formula is C22H30N2O6S2. The maximum atomic E-state index is 12.6. The highest BCUT2D eigenvalue weighted by Gasteiger charge is 2.22. The van der Waals surface area contributed by atoms with Crippen molar-refractivity contribution in [3.05, 3.63) is 41.8 Å². The summed E-state index contributed by atoms with van der Waals surface area (Å²) >= 11 is 1.15. The largest absolute Gasteiger partial charge is 0.482 e. The predicted octanol–water partition coefficient (Wildman–Crippen LogP) is 3.58. The van der Waals surface area contributed by atoms with Crippen molar-refractivity contribution >= 4 is 38.9 Å². The van der Waals surface area contributed by atoms with Crippen molar-refractivity contribution < 1.29 is 27.5 Å². The maximum absolute atomic E-state index is 12.6. The van der Waals surface area contributed by atoms with E-state index < -0.39 is 16.0 Å². The summed E-state index contributed by atoms with van der Waals surface area (Å²) in [6.07, 6.45) is 4.16. The van der Waals surface area contributed by atoms with Gasteiger partial charge in [0, 0.05) is 13.1 Å². The van der Waals surface area contributed by atoms with Gasteiger partial charge >= 0.3 is 5.97 Å². The average Bonchev–Trinajstić information content (AvgIpc) is 3.32. The molecular weight excluding hydrogens is 452 g/mol. The lowest BCUT2D eigenvalue weighted by Crippen LogP contribution is -2.36. The molecule has 0 spiro atoms. The standard InChI is InChI=1S/C22H30N2O6S2/c1-4-5-6-8-17(2)23-20(25)15-30-21(26)16-29-19-12-10-18(11-13-19)24(3)32(27,28)22-9-7-14-31-22/h7,9-14,17H,4-6,8,15-16H2,1-3H3,(H,23,25). The van der Waals surface area contributed by atoms with E-state index in [0.29, 0.717) is 11.4 Å². The molecule has 32 heavy (non-hydrogen) atoms. The number of benzene rings is 1. The molecule has 1 unspecified atom stereocenters. The lowest BCUT2D eigenvalue weighted by Gasteiger charge is -2.18. The first-order chi connectivity index (χ1) is 15.2. The lowest BCUT2D eigenvalue weighted by molar-refractivity contribution is -0.150. The van der Waals surface area contributed by atoms with Gasteiger partial charge in [0.25, 0.3) is 15.9 Å². The molecule has 0 fully saturated rings. The summed E-state index contributed by atoms with van der Waals surface area (Å²) in [6.45, 7) is 3.33. The third kappa shape index (κ3) is 7.83. The summed E-state index contributed by atoms with van der Waals surface area (Å²) in [5, 5.41) is 4.50. The Morgan fingerprint density at radius 2 is 1.84 bits per heavy atom. The number of carbonyl (C=O) groups excluding carboxylic acids is 2. The van der Waals surface area contributed by atoms with Crippen molar-refractivity contribution in [2.24, 2.45) is 0 Å². The molecule has 0 aliphatic carbocycles. The number of hydrogen-bond acceptors (Lipinski definition) is 7. The third-order valence-electron chi connectivity index (χ3n) is 4.68. The molecule has 1 N–H and O–H groups in total. The second-order valence-electron chi connectivity index (χ2n) is 7.31. The van der Waals surface area contributed by atoms with Crippen molar-refractivity contribution in [3.8, 4) is 5.75 Å². The van der Waals surface area contributed by atoms with Gasteiger partial charge in [-0.2, -0.15) is 0 Å². The highest BCUT2D eigenvalue weighted by atomic mass is 32.2. The van der Waals surface area contributed by atoms with Gasteiger partial charge in [0.1, 0.15) is 9.96 Å². The Morgan fingerprint density at radius 3 is 2.47 bits per heavy atom. The predicted molar refractivity (Wildman–Crippen MR) is 125 cm³/mol. The van der Waals surface area contributed by atoms with E-state index in [1.54, 1.807) is 41.8 Å². The zero-order valence-electron chi connectivity index (χ0n) is 18.6. The van der Waals surface area contributed by atoms with Crippen LogP contribution in [-0.2, 0) is 24.3 Å². The monoisotopic (exact) mass is 482 g/mol. The maximum Gasteiger partial charge on any atom is 0.344 e. The van der Waals surface area contributed by atoms with Gasteiger partial charge in [-0.1, -0.05) is 32.3 Å². The number of esters is 1. The first-order valence-electron chi connectivity index (χ1n) is 10.4. The lowest BCUT2D eigenvalue weighted by atomic mass is 10.1. The summed E-state index contributed by atoms with van der Waals surface area (Å²) in [6, 6.07) is 9.55. The van der Waals surface area contributed by atoms with Crippen LogP contribution in [0.15, 0.2) is 46.0 Å². The van der Waals surface area contributed by atoms with Crippen LogP contribution < -0.4 is 14.4 Å². The molecule has 0 aliphatic heterocycles. The van der Waals surface area contributed by atoms with Gasteiger partial charge in [-0.05, 0) is 49.1 Å². The minimum atomic E-state index is -3.62. The van der Waals surface area contributed by atoms with Gasteiger partial charge in [-0.15, -0.1) is 11.3 Å². The molecule has 0 saturated heterocycles. The summed E-state index contributed by atoms with van der Waals surface area (Å²) in [5.74, 6) is -0.636. The van der Waals surface area contributed by atoms with Crippen molar-refractivity contribution in [3.63, 3.8) is 0 Å². The molecule has 1 aromatic carbocycles. The van der Waals surface area contributed by atoms with Crippen LogP contribution in [0.1, 0.15) is 39.5 Å². The first-order valence-corrected chi connectivity index (χ1v) is 12.8. The van der Waals surface area contributed by atoms with E-state index in [4.69, 9.17) is 9.47 Å². The van der Waals surface area contributed by atoms with Crippen LogP contribution in [0.4, 0.5) is 5.69 Å². The van der Waals surface area contributed by atoms with Gasteiger partial charge in [0.2, 0.25) is 0 Å². The zero-order valence-corrected chi connectivity index (χ0v) is 20.2. The Morgan fingerprint density at radius 1 is 1.12 bits per heavy atom. The van der Waals surface area contributed by atoms with Crippen LogP contribution in [0.3, 0.4) is 0 Å². The van der Waals surface area contributed by atoms with E-state index in [1.165, 1.54) is 11.4 Å². The minimum absolute atomic E-state index is 0.0317. The van der Waals surface area contributed by atoms with Gasteiger partial charge in [-0.3, -0.25) is 9.10 Å². The minimum Gasteiger partial charge on any atom is -0.482 e. The average molecular weight is 483 g/mol. The topological polar surface area (TPSA) is 102 Å². The van der Waals surface area contributed by atoms with Gasteiger partial charge in [-0.25, -0.2) is 13.2 Å². The number of unbranched alkanes of at least 4 members (excludes halogenated alkanes) is 2. The molecule has 176 valence electrons. The summed E-state index contributed by atoms with van der Waals surface area (Å²) < 4.78 is 36.9. The summed E-state index contributed by atoms with van der Waals surface area (Å²) in [4.78, 5) is 23.7. The third-order valence-corrected chi connectivity index (χ3v) is 7.84. The fraction of sp³-hybridized carbons (Fsp3) is 0.455. The number of rotatable bonds is 13. The van der Waals surface area contributed by atoms with Gasteiger partial charge < -0.3 is 14.8 Å². The number of nitrogens with zero attached hydrogens (tertiary/aromatic N) is 1. The zero-order chi connectivity index (χ0) is 23.6. The SMILES string of the molecule is CCCCCC(C)NC(=O)COC(=O)COc1ccc(N(C)S(=O)(=O)c2cccs2)cc1.